The zero-order valence-corrected chi connectivity index (χ0v) is 13.7. The van der Waals surface area contributed by atoms with Crippen molar-refractivity contribution in [2.24, 2.45) is 0 Å². The quantitative estimate of drug-likeness (QED) is 0.811. The molecule has 0 atom stereocenters. The van der Waals surface area contributed by atoms with Gasteiger partial charge in [-0.25, -0.2) is 0 Å². The summed E-state index contributed by atoms with van der Waals surface area (Å²) in [6, 6.07) is 7.16. The van der Waals surface area contributed by atoms with Gasteiger partial charge >= 0.3 is 6.18 Å². The lowest BCUT2D eigenvalue weighted by Gasteiger charge is -2.11. The van der Waals surface area contributed by atoms with E-state index in [9.17, 15) is 22.8 Å². The molecule has 1 aromatic carbocycles. The van der Waals surface area contributed by atoms with E-state index in [1.165, 1.54) is 0 Å². The Balaban J connectivity index is 1.91. The van der Waals surface area contributed by atoms with E-state index in [1.807, 2.05) is 32.0 Å². The molecule has 0 aliphatic rings. The van der Waals surface area contributed by atoms with Gasteiger partial charge in [0.05, 0.1) is 6.54 Å². The van der Waals surface area contributed by atoms with Gasteiger partial charge in [-0.05, 0) is 37.6 Å². The normalized spacial score (nSPS) is 11.2. The third-order valence-electron chi connectivity index (χ3n) is 3.44. The van der Waals surface area contributed by atoms with E-state index in [0.29, 0.717) is 11.8 Å². The summed E-state index contributed by atoms with van der Waals surface area (Å²) < 4.78 is 43.0. The molecule has 0 fully saturated rings. The Hall–Kier alpha value is -2.77. The number of aromatic nitrogens is 1. The van der Waals surface area contributed by atoms with Crippen LogP contribution in [-0.2, 0) is 6.18 Å². The highest BCUT2D eigenvalue weighted by Gasteiger charge is 2.32. The van der Waals surface area contributed by atoms with Crippen LogP contribution in [0.5, 0.6) is 5.75 Å². The van der Waals surface area contributed by atoms with Crippen molar-refractivity contribution < 1.29 is 22.7 Å². The highest BCUT2D eigenvalue weighted by Crippen LogP contribution is 2.26. The van der Waals surface area contributed by atoms with Crippen molar-refractivity contribution in [2.45, 2.75) is 20.0 Å². The number of halogens is 3. The fourth-order valence-electron chi connectivity index (χ4n) is 2.20. The Morgan fingerprint density at radius 3 is 2.52 bits per heavy atom. The van der Waals surface area contributed by atoms with E-state index in [2.05, 4.69) is 5.32 Å². The summed E-state index contributed by atoms with van der Waals surface area (Å²) in [4.78, 5) is 25.1. The van der Waals surface area contributed by atoms with Crippen LogP contribution in [0.1, 0.15) is 27.2 Å². The largest absolute Gasteiger partial charge is 0.491 e. The number of hydrogen-bond donors (Lipinski definition) is 2. The van der Waals surface area contributed by atoms with E-state index in [-0.39, 0.29) is 18.7 Å². The number of pyridine rings is 1. The Kier molecular flexibility index (Phi) is 5.51. The van der Waals surface area contributed by atoms with Crippen molar-refractivity contribution in [3.05, 3.63) is 63.1 Å². The zero-order chi connectivity index (χ0) is 18.6. The smallest absolute Gasteiger partial charge is 0.431 e. The van der Waals surface area contributed by atoms with E-state index in [4.69, 9.17) is 4.74 Å². The average molecular weight is 354 g/mol. The number of aromatic amines is 1. The molecule has 0 aliphatic carbocycles. The lowest BCUT2D eigenvalue weighted by atomic mass is 10.1. The number of hydrogen-bond acceptors (Lipinski definition) is 3. The second-order valence-electron chi connectivity index (χ2n) is 5.49. The number of aryl methyl sites for hydroxylation is 2. The summed E-state index contributed by atoms with van der Waals surface area (Å²) in [7, 11) is 0. The van der Waals surface area contributed by atoms with Crippen molar-refractivity contribution in [3.8, 4) is 5.75 Å². The topological polar surface area (TPSA) is 71.2 Å². The number of carbonyl (C=O) groups excluding carboxylic acids is 1. The molecule has 25 heavy (non-hydrogen) atoms. The molecular formula is C17H17F3N2O3. The summed E-state index contributed by atoms with van der Waals surface area (Å²) in [5.74, 6) is -0.0913. The third kappa shape index (κ3) is 4.85. The maximum Gasteiger partial charge on any atom is 0.431 e. The number of nitrogens with one attached hydrogen (secondary N) is 2. The average Bonchev–Trinajstić information content (AvgIpc) is 2.52. The minimum absolute atomic E-state index is 0.104. The Morgan fingerprint density at radius 2 is 1.92 bits per heavy atom. The van der Waals surface area contributed by atoms with Gasteiger partial charge in [0.2, 0.25) is 0 Å². The predicted octanol–water partition coefficient (Wildman–Crippen LogP) is 2.82. The zero-order valence-electron chi connectivity index (χ0n) is 13.7. The molecule has 0 aliphatic heterocycles. The Labute approximate surface area is 141 Å². The van der Waals surface area contributed by atoms with Crippen LogP contribution < -0.4 is 15.6 Å². The van der Waals surface area contributed by atoms with Gasteiger partial charge in [0.25, 0.3) is 11.5 Å². The molecule has 5 nitrogen and oxygen atoms in total. The molecule has 2 rings (SSSR count). The SMILES string of the molecule is Cc1ccc(OCCNC(=O)c2ccc(C(F)(F)F)[nH]c2=O)c(C)c1. The summed E-state index contributed by atoms with van der Waals surface area (Å²) in [6.45, 7) is 4.11. The highest BCUT2D eigenvalue weighted by molar-refractivity contribution is 5.93. The van der Waals surface area contributed by atoms with Crippen LogP contribution in [-0.4, -0.2) is 24.0 Å². The van der Waals surface area contributed by atoms with Gasteiger partial charge in [0.15, 0.2) is 0 Å². The molecule has 134 valence electrons. The van der Waals surface area contributed by atoms with E-state index in [1.54, 1.807) is 4.98 Å². The first-order valence-electron chi connectivity index (χ1n) is 7.47. The Bertz CT molecular complexity index is 829. The number of ether oxygens (including phenoxy) is 1. The minimum atomic E-state index is -4.67. The van der Waals surface area contributed by atoms with Crippen molar-refractivity contribution >= 4 is 5.91 Å². The predicted molar refractivity (Wildman–Crippen MR) is 85.8 cm³/mol. The number of carbonyl (C=O) groups is 1. The molecule has 0 saturated carbocycles. The second kappa shape index (κ2) is 7.42. The molecule has 2 N–H and O–H groups in total. The Morgan fingerprint density at radius 1 is 1.20 bits per heavy atom. The minimum Gasteiger partial charge on any atom is -0.491 e. The molecule has 1 aromatic heterocycles. The van der Waals surface area contributed by atoms with E-state index in [0.717, 1.165) is 17.2 Å². The second-order valence-corrected chi connectivity index (χ2v) is 5.49. The van der Waals surface area contributed by atoms with Crippen LogP contribution in [0.3, 0.4) is 0 Å². The summed E-state index contributed by atoms with van der Waals surface area (Å²) >= 11 is 0. The summed E-state index contributed by atoms with van der Waals surface area (Å²) in [5.41, 5.74) is -0.639. The van der Waals surface area contributed by atoms with Crippen molar-refractivity contribution in [3.63, 3.8) is 0 Å². The molecule has 0 bridgehead atoms. The van der Waals surface area contributed by atoms with Gasteiger partial charge in [-0.1, -0.05) is 17.7 Å². The van der Waals surface area contributed by atoms with E-state index >= 15 is 0 Å². The molecule has 0 radical (unpaired) electrons. The van der Waals surface area contributed by atoms with Crippen LogP contribution in [0.4, 0.5) is 13.2 Å². The van der Waals surface area contributed by atoms with E-state index < -0.39 is 23.3 Å². The van der Waals surface area contributed by atoms with Crippen LogP contribution in [0.15, 0.2) is 35.1 Å². The molecular weight excluding hydrogens is 337 g/mol. The molecule has 8 heteroatoms. The fourth-order valence-corrected chi connectivity index (χ4v) is 2.20. The number of benzene rings is 1. The van der Waals surface area contributed by atoms with Gasteiger partial charge < -0.3 is 15.0 Å². The van der Waals surface area contributed by atoms with Gasteiger partial charge in [-0.3, -0.25) is 9.59 Å². The number of alkyl halides is 3. The number of H-pyrrole nitrogens is 1. The van der Waals surface area contributed by atoms with Crippen LogP contribution in [0.2, 0.25) is 0 Å². The lowest BCUT2D eigenvalue weighted by molar-refractivity contribution is -0.141. The maximum atomic E-state index is 12.5. The monoisotopic (exact) mass is 354 g/mol. The molecule has 0 unspecified atom stereocenters. The lowest BCUT2D eigenvalue weighted by Crippen LogP contribution is -2.33. The van der Waals surface area contributed by atoms with Crippen LogP contribution in [0.25, 0.3) is 0 Å². The first-order chi connectivity index (χ1) is 11.7. The standard InChI is InChI=1S/C17H17F3N2O3/c1-10-3-5-13(11(2)9-10)25-8-7-21-15(23)12-4-6-14(17(18,19)20)22-16(12)24/h3-6,9H,7-8H2,1-2H3,(H,21,23)(H,22,24). The number of rotatable bonds is 5. The maximum absolute atomic E-state index is 12.5. The third-order valence-corrected chi connectivity index (χ3v) is 3.44. The van der Waals surface area contributed by atoms with Crippen molar-refractivity contribution in [2.75, 3.05) is 13.2 Å². The van der Waals surface area contributed by atoms with Crippen LogP contribution in [0, 0.1) is 13.8 Å². The molecule has 0 saturated heterocycles. The summed E-state index contributed by atoms with van der Waals surface area (Å²) in [6.07, 6.45) is -4.67. The highest BCUT2D eigenvalue weighted by atomic mass is 19.4. The molecule has 1 heterocycles. The molecule has 1 amide bonds. The fraction of sp³-hybridized carbons (Fsp3) is 0.294. The first kappa shape index (κ1) is 18.6. The van der Waals surface area contributed by atoms with Gasteiger partial charge in [0.1, 0.15) is 23.6 Å². The van der Waals surface area contributed by atoms with Gasteiger partial charge in [0, 0.05) is 0 Å². The number of amides is 1. The van der Waals surface area contributed by atoms with Gasteiger partial charge in [-0.15, -0.1) is 0 Å². The first-order valence-corrected chi connectivity index (χ1v) is 7.47. The molecule has 2 aromatic rings. The van der Waals surface area contributed by atoms with Crippen molar-refractivity contribution in [1.29, 1.82) is 0 Å². The molecule has 0 spiro atoms. The van der Waals surface area contributed by atoms with Gasteiger partial charge in [-0.2, -0.15) is 13.2 Å². The van der Waals surface area contributed by atoms with Crippen LogP contribution >= 0.6 is 0 Å². The van der Waals surface area contributed by atoms with Crippen molar-refractivity contribution in [1.82, 2.24) is 10.3 Å². The summed E-state index contributed by atoms with van der Waals surface area (Å²) in [5, 5.41) is 2.43.